The Hall–Kier alpha value is -2.17. The summed E-state index contributed by atoms with van der Waals surface area (Å²) in [6, 6.07) is 8.09. The van der Waals surface area contributed by atoms with E-state index in [-0.39, 0.29) is 22.8 Å². The molecule has 1 aliphatic rings. The Labute approximate surface area is 116 Å². The van der Waals surface area contributed by atoms with Crippen molar-refractivity contribution in [3.8, 4) is 0 Å². The highest BCUT2D eigenvalue weighted by molar-refractivity contribution is 5.92. The first-order chi connectivity index (χ1) is 9.59. The largest absolute Gasteiger partial charge is 0.361 e. The maximum absolute atomic E-state index is 12.9. The van der Waals surface area contributed by atoms with E-state index in [1.165, 1.54) is 12.1 Å². The molecule has 1 aromatic carbocycles. The van der Waals surface area contributed by atoms with Crippen molar-refractivity contribution in [1.82, 2.24) is 10.5 Å². The van der Waals surface area contributed by atoms with Crippen LogP contribution in [0.15, 0.2) is 34.9 Å². The van der Waals surface area contributed by atoms with Gasteiger partial charge in [0, 0.05) is 18.0 Å². The summed E-state index contributed by atoms with van der Waals surface area (Å²) in [4.78, 5) is 11.9. The number of aromatic nitrogens is 1. The van der Waals surface area contributed by atoms with Crippen molar-refractivity contribution in [3.63, 3.8) is 0 Å². The molecule has 0 unspecified atom stereocenters. The van der Waals surface area contributed by atoms with Gasteiger partial charge in [-0.15, -0.1) is 0 Å². The Balaban J connectivity index is 1.66. The van der Waals surface area contributed by atoms with Crippen LogP contribution in [-0.4, -0.2) is 17.6 Å². The third-order valence-electron chi connectivity index (χ3n) is 3.76. The second-order valence-corrected chi connectivity index (χ2v) is 5.29. The molecule has 5 heteroatoms. The number of carbonyl (C=O) groups excluding carboxylic acids is 1. The monoisotopic (exact) mass is 274 g/mol. The molecule has 1 N–H and O–H groups in total. The lowest BCUT2D eigenvalue weighted by atomic mass is 9.96. The SMILES string of the molecule is Cc1cc(C(=O)NCC2(c3ccc(F)cc3)CC2)no1. The van der Waals surface area contributed by atoms with E-state index in [9.17, 15) is 9.18 Å². The molecule has 0 saturated heterocycles. The highest BCUT2D eigenvalue weighted by atomic mass is 19.1. The Morgan fingerprint density at radius 1 is 1.40 bits per heavy atom. The van der Waals surface area contributed by atoms with Crippen LogP contribution in [-0.2, 0) is 5.41 Å². The molecule has 1 heterocycles. The number of nitrogens with one attached hydrogen (secondary N) is 1. The van der Waals surface area contributed by atoms with Gasteiger partial charge in [0.15, 0.2) is 5.69 Å². The van der Waals surface area contributed by atoms with Gasteiger partial charge in [-0.1, -0.05) is 17.3 Å². The number of benzene rings is 1. The van der Waals surface area contributed by atoms with E-state index in [1.54, 1.807) is 25.1 Å². The molecule has 0 aliphatic heterocycles. The number of rotatable bonds is 4. The zero-order chi connectivity index (χ0) is 14.2. The summed E-state index contributed by atoms with van der Waals surface area (Å²) in [6.07, 6.45) is 1.99. The van der Waals surface area contributed by atoms with Crippen LogP contribution in [0.4, 0.5) is 4.39 Å². The molecule has 1 aliphatic carbocycles. The first-order valence-electron chi connectivity index (χ1n) is 6.57. The van der Waals surface area contributed by atoms with E-state index >= 15 is 0 Å². The van der Waals surface area contributed by atoms with Crippen LogP contribution in [0.2, 0.25) is 0 Å². The molecular weight excluding hydrogens is 259 g/mol. The van der Waals surface area contributed by atoms with Crippen molar-refractivity contribution in [2.75, 3.05) is 6.54 Å². The minimum Gasteiger partial charge on any atom is -0.361 e. The molecule has 104 valence electrons. The summed E-state index contributed by atoms with van der Waals surface area (Å²) in [5.74, 6) is 0.122. The molecule has 0 spiro atoms. The highest BCUT2D eigenvalue weighted by Crippen LogP contribution is 2.47. The molecule has 0 atom stereocenters. The number of hydrogen-bond acceptors (Lipinski definition) is 3. The van der Waals surface area contributed by atoms with Gasteiger partial charge in [-0.2, -0.15) is 0 Å². The summed E-state index contributed by atoms with van der Waals surface area (Å²) in [5.41, 5.74) is 1.30. The van der Waals surface area contributed by atoms with Gasteiger partial charge in [0.1, 0.15) is 11.6 Å². The third kappa shape index (κ3) is 2.43. The van der Waals surface area contributed by atoms with Crippen molar-refractivity contribution in [3.05, 3.63) is 53.2 Å². The fourth-order valence-corrected chi connectivity index (χ4v) is 2.34. The molecule has 1 fully saturated rings. The molecule has 0 radical (unpaired) electrons. The van der Waals surface area contributed by atoms with Crippen molar-refractivity contribution in [2.24, 2.45) is 0 Å². The van der Waals surface area contributed by atoms with Gasteiger partial charge in [-0.05, 0) is 37.5 Å². The number of aryl methyl sites for hydroxylation is 1. The maximum atomic E-state index is 12.9. The van der Waals surface area contributed by atoms with Crippen LogP contribution in [0.5, 0.6) is 0 Å². The lowest BCUT2D eigenvalue weighted by molar-refractivity contribution is 0.0940. The highest BCUT2D eigenvalue weighted by Gasteiger charge is 2.44. The summed E-state index contributed by atoms with van der Waals surface area (Å²) in [7, 11) is 0. The van der Waals surface area contributed by atoms with Gasteiger partial charge in [0.25, 0.3) is 5.91 Å². The molecule has 1 saturated carbocycles. The number of carbonyl (C=O) groups is 1. The topological polar surface area (TPSA) is 55.1 Å². The molecule has 20 heavy (non-hydrogen) atoms. The molecule has 1 aromatic heterocycles. The predicted octanol–water partition coefficient (Wildman–Crippen LogP) is 2.58. The number of amides is 1. The Kier molecular flexibility index (Phi) is 3.04. The predicted molar refractivity (Wildman–Crippen MR) is 70.9 cm³/mol. The fourth-order valence-electron chi connectivity index (χ4n) is 2.34. The van der Waals surface area contributed by atoms with E-state index in [4.69, 9.17) is 4.52 Å². The van der Waals surface area contributed by atoms with Crippen LogP contribution in [0, 0.1) is 12.7 Å². The first-order valence-corrected chi connectivity index (χ1v) is 6.57. The second kappa shape index (κ2) is 4.74. The van der Waals surface area contributed by atoms with Gasteiger partial charge in [-0.3, -0.25) is 4.79 Å². The maximum Gasteiger partial charge on any atom is 0.273 e. The van der Waals surface area contributed by atoms with E-state index in [0.717, 1.165) is 18.4 Å². The smallest absolute Gasteiger partial charge is 0.273 e. The molecule has 1 amide bonds. The summed E-state index contributed by atoms with van der Waals surface area (Å²) in [6.45, 7) is 2.27. The van der Waals surface area contributed by atoms with E-state index in [0.29, 0.717) is 12.3 Å². The Morgan fingerprint density at radius 3 is 2.65 bits per heavy atom. The Bertz CT molecular complexity index is 630. The average Bonchev–Trinajstić information content (AvgIpc) is 3.11. The minimum atomic E-state index is -0.244. The van der Waals surface area contributed by atoms with E-state index in [1.807, 2.05) is 0 Å². The van der Waals surface area contributed by atoms with Crippen LogP contribution in [0.1, 0.15) is 34.7 Å². The summed E-state index contributed by atoms with van der Waals surface area (Å²) >= 11 is 0. The van der Waals surface area contributed by atoms with Crippen LogP contribution in [0.25, 0.3) is 0 Å². The first kappa shape index (κ1) is 12.8. The quantitative estimate of drug-likeness (QED) is 0.932. The zero-order valence-corrected chi connectivity index (χ0v) is 11.1. The van der Waals surface area contributed by atoms with Crippen molar-refractivity contribution in [1.29, 1.82) is 0 Å². The minimum absolute atomic E-state index is 0.0534. The normalized spacial score (nSPS) is 15.9. The van der Waals surface area contributed by atoms with Crippen LogP contribution in [0.3, 0.4) is 0 Å². The molecular formula is C15H15FN2O2. The van der Waals surface area contributed by atoms with Crippen LogP contribution >= 0.6 is 0 Å². The molecule has 0 bridgehead atoms. The lowest BCUT2D eigenvalue weighted by Crippen LogP contribution is -2.32. The second-order valence-electron chi connectivity index (χ2n) is 5.29. The summed E-state index contributed by atoms with van der Waals surface area (Å²) < 4.78 is 17.8. The number of hydrogen-bond donors (Lipinski definition) is 1. The molecule has 4 nitrogen and oxygen atoms in total. The fraction of sp³-hybridized carbons (Fsp3) is 0.333. The lowest BCUT2D eigenvalue weighted by Gasteiger charge is -2.16. The molecule has 3 rings (SSSR count). The molecule has 2 aromatic rings. The van der Waals surface area contributed by atoms with Crippen molar-refractivity contribution >= 4 is 5.91 Å². The van der Waals surface area contributed by atoms with Gasteiger partial charge < -0.3 is 9.84 Å². The van der Waals surface area contributed by atoms with Gasteiger partial charge >= 0.3 is 0 Å². The van der Waals surface area contributed by atoms with Crippen molar-refractivity contribution < 1.29 is 13.7 Å². The number of nitrogens with zero attached hydrogens (tertiary/aromatic N) is 1. The van der Waals surface area contributed by atoms with Gasteiger partial charge in [0.2, 0.25) is 0 Å². The van der Waals surface area contributed by atoms with E-state index in [2.05, 4.69) is 10.5 Å². The van der Waals surface area contributed by atoms with Gasteiger partial charge in [0.05, 0.1) is 0 Å². The standard InChI is InChI=1S/C15H15FN2O2/c1-10-8-13(18-20-10)14(19)17-9-15(6-7-15)11-2-4-12(16)5-3-11/h2-5,8H,6-7,9H2,1H3,(H,17,19). The van der Waals surface area contributed by atoms with Gasteiger partial charge in [-0.25, -0.2) is 4.39 Å². The third-order valence-corrected chi connectivity index (χ3v) is 3.76. The Morgan fingerprint density at radius 2 is 2.10 bits per heavy atom. The van der Waals surface area contributed by atoms with Crippen molar-refractivity contribution in [2.45, 2.75) is 25.2 Å². The van der Waals surface area contributed by atoms with Crippen LogP contribution < -0.4 is 5.32 Å². The summed E-state index contributed by atoms with van der Waals surface area (Å²) in [5, 5.41) is 6.56. The zero-order valence-electron chi connectivity index (χ0n) is 11.1. The average molecular weight is 274 g/mol. The van der Waals surface area contributed by atoms with E-state index < -0.39 is 0 Å². The number of halogens is 1.